The first-order chi connectivity index (χ1) is 9.08. The van der Waals surface area contributed by atoms with Gasteiger partial charge in [-0.3, -0.25) is 4.79 Å². The molecule has 102 valence electrons. The number of nitrogens with zero attached hydrogens (tertiary/aromatic N) is 2. The molecule has 0 radical (unpaired) electrons. The number of anilines is 1. The van der Waals surface area contributed by atoms with Crippen LogP contribution in [0.1, 0.15) is 19.4 Å². The Balaban J connectivity index is 2.14. The van der Waals surface area contributed by atoms with E-state index in [1.807, 2.05) is 19.9 Å². The summed E-state index contributed by atoms with van der Waals surface area (Å²) in [5.41, 5.74) is 1.24. The van der Waals surface area contributed by atoms with Gasteiger partial charge in [-0.25, -0.2) is 4.68 Å². The molecular formula is C13H16ClN3O2. The highest BCUT2D eigenvalue weighted by Crippen LogP contribution is 2.16. The second-order valence-electron chi connectivity index (χ2n) is 4.74. The monoisotopic (exact) mass is 281 g/mol. The van der Waals surface area contributed by atoms with Gasteiger partial charge >= 0.3 is 0 Å². The van der Waals surface area contributed by atoms with E-state index in [4.69, 9.17) is 16.0 Å². The highest BCUT2D eigenvalue weighted by atomic mass is 35.5. The molecule has 0 aliphatic heterocycles. The predicted molar refractivity (Wildman–Crippen MR) is 74.4 cm³/mol. The van der Waals surface area contributed by atoms with Crippen molar-refractivity contribution >= 4 is 17.3 Å². The third-order valence-corrected chi connectivity index (χ3v) is 2.95. The van der Waals surface area contributed by atoms with Gasteiger partial charge in [0.15, 0.2) is 0 Å². The predicted octanol–water partition coefficient (Wildman–Crippen LogP) is 2.76. The van der Waals surface area contributed by atoms with E-state index < -0.39 is 0 Å². The molecule has 2 rings (SSSR count). The van der Waals surface area contributed by atoms with Gasteiger partial charge in [0.1, 0.15) is 5.02 Å². The van der Waals surface area contributed by atoms with Crippen LogP contribution < -0.4 is 10.9 Å². The fourth-order valence-corrected chi connectivity index (χ4v) is 1.87. The summed E-state index contributed by atoms with van der Waals surface area (Å²) in [4.78, 5) is 12.0. The SMILES string of the molecule is CC(C)Cn1ncc(NCc2ccoc2)c(Cl)c1=O. The Hall–Kier alpha value is -1.75. The third-order valence-electron chi connectivity index (χ3n) is 2.59. The van der Waals surface area contributed by atoms with Crippen LogP contribution in [0.15, 0.2) is 34.0 Å². The fraction of sp³-hybridized carbons (Fsp3) is 0.385. The summed E-state index contributed by atoms with van der Waals surface area (Å²) in [6.45, 7) is 5.13. The van der Waals surface area contributed by atoms with Gasteiger partial charge in [-0.15, -0.1) is 0 Å². The number of halogens is 1. The first-order valence-electron chi connectivity index (χ1n) is 6.08. The van der Waals surface area contributed by atoms with Gasteiger partial charge in [-0.1, -0.05) is 25.4 Å². The molecule has 2 aromatic rings. The van der Waals surface area contributed by atoms with Gasteiger partial charge in [0.2, 0.25) is 0 Å². The van der Waals surface area contributed by atoms with Crippen molar-refractivity contribution in [1.82, 2.24) is 9.78 Å². The lowest BCUT2D eigenvalue weighted by Gasteiger charge is -2.11. The largest absolute Gasteiger partial charge is 0.472 e. The average molecular weight is 282 g/mol. The molecule has 0 aliphatic carbocycles. The van der Waals surface area contributed by atoms with Crippen LogP contribution in [0.25, 0.3) is 0 Å². The lowest BCUT2D eigenvalue weighted by molar-refractivity contribution is 0.464. The molecule has 0 aromatic carbocycles. The zero-order chi connectivity index (χ0) is 13.8. The standard InChI is InChI=1S/C13H16ClN3O2/c1-9(2)7-17-13(18)12(14)11(6-16-17)15-5-10-3-4-19-8-10/h3-4,6,8-9,15H,5,7H2,1-2H3. The number of nitrogens with one attached hydrogen (secondary N) is 1. The van der Waals surface area contributed by atoms with Crippen LogP contribution in [0.4, 0.5) is 5.69 Å². The summed E-state index contributed by atoms with van der Waals surface area (Å²) in [5.74, 6) is 0.339. The minimum Gasteiger partial charge on any atom is -0.472 e. The van der Waals surface area contributed by atoms with E-state index in [9.17, 15) is 4.79 Å². The van der Waals surface area contributed by atoms with Crippen LogP contribution in [0.2, 0.25) is 5.02 Å². The van der Waals surface area contributed by atoms with Crippen molar-refractivity contribution in [2.45, 2.75) is 26.9 Å². The first kappa shape index (κ1) is 13.7. The Bertz CT molecular complexity index is 590. The second-order valence-corrected chi connectivity index (χ2v) is 5.12. The highest BCUT2D eigenvalue weighted by Gasteiger charge is 2.10. The van der Waals surface area contributed by atoms with Crippen LogP contribution >= 0.6 is 11.6 Å². The van der Waals surface area contributed by atoms with Crippen molar-refractivity contribution < 1.29 is 4.42 Å². The van der Waals surface area contributed by atoms with E-state index in [0.717, 1.165) is 5.56 Å². The minimum absolute atomic E-state index is 0.166. The van der Waals surface area contributed by atoms with E-state index in [-0.39, 0.29) is 10.6 Å². The van der Waals surface area contributed by atoms with Crippen LogP contribution in [-0.4, -0.2) is 9.78 Å². The number of rotatable bonds is 5. The first-order valence-corrected chi connectivity index (χ1v) is 6.46. The summed E-state index contributed by atoms with van der Waals surface area (Å²) in [6.07, 6.45) is 4.80. The molecule has 1 N–H and O–H groups in total. The normalized spacial score (nSPS) is 10.9. The van der Waals surface area contributed by atoms with Crippen LogP contribution in [0, 0.1) is 5.92 Å². The zero-order valence-corrected chi connectivity index (χ0v) is 11.6. The Morgan fingerprint density at radius 1 is 1.53 bits per heavy atom. The van der Waals surface area contributed by atoms with Gasteiger partial charge in [0, 0.05) is 18.7 Å². The topological polar surface area (TPSA) is 60.1 Å². The van der Waals surface area contributed by atoms with Gasteiger partial charge in [0.05, 0.1) is 24.4 Å². The molecule has 5 nitrogen and oxygen atoms in total. The molecular weight excluding hydrogens is 266 g/mol. The van der Waals surface area contributed by atoms with Crippen molar-refractivity contribution in [2.24, 2.45) is 5.92 Å². The van der Waals surface area contributed by atoms with Gasteiger partial charge in [-0.05, 0) is 12.0 Å². The van der Waals surface area contributed by atoms with Crippen LogP contribution in [-0.2, 0) is 13.1 Å². The molecule has 2 aromatic heterocycles. The lowest BCUT2D eigenvalue weighted by atomic mass is 10.2. The quantitative estimate of drug-likeness (QED) is 0.915. The summed E-state index contributed by atoms with van der Waals surface area (Å²) in [7, 11) is 0. The van der Waals surface area contributed by atoms with Gasteiger partial charge in [-0.2, -0.15) is 5.10 Å². The Labute approximate surface area is 116 Å². The molecule has 0 spiro atoms. The third kappa shape index (κ3) is 3.38. The van der Waals surface area contributed by atoms with Crippen molar-refractivity contribution in [2.75, 3.05) is 5.32 Å². The van der Waals surface area contributed by atoms with Crippen molar-refractivity contribution in [3.63, 3.8) is 0 Å². The summed E-state index contributed by atoms with van der Waals surface area (Å²) < 4.78 is 6.35. The van der Waals surface area contributed by atoms with Crippen molar-refractivity contribution in [3.05, 3.63) is 45.7 Å². The van der Waals surface area contributed by atoms with E-state index >= 15 is 0 Å². The smallest absolute Gasteiger partial charge is 0.287 e. The molecule has 0 bridgehead atoms. The maximum atomic E-state index is 12.0. The van der Waals surface area contributed by atoms with E-state index in [1.165, 1.54) is 4.68 Å². The Kier molecular flexibility index (Phi) is 4.27. The molecule has 0 saturated carbocycles. The Morgan fingerprint density at radius 3 is 2.95 bits per heavy atom. The Morgan fingerprint density at radius 2 is 2.32 bits per heavy atom. The highest BCUT2D eigenvalue weighted by molar-refractivity contribution is 6.32. The van der Waals surface area contributed by atoms with Gasteiger partial charge in [0.25, 0.3) is 5.56 Å². The van der Waals surface area contributed by atoms with Crippen LogP contribution in [0.3, 0.4) is 0 Å². The molecule has 0 fully saturated rings. The molecule has 0 aliphatic rings. The molecule has 0 saturated heterocycles. The summed E-state index contributed by atoms with van der Waals surface area (Å²) >= 11 is 6.06. The van der Waals surface area contributed by atoms with Crippen LogP contribution in [0.5, 0.6) is 0 Å². The maximum Gasteiger partial charge on any atom is 0.287 e. The fourth-order valence-electron chi connectivity index (χ4n) is 1.65. The van der Waals surface area contributed by atoms with Gasteiger partial charge < -0.3 is 9.73 Å². The molecule has 19 heavy (non-hydrogen) atoms. The average Bonchev–Trinajstić information content (AvgIpc) is 2.87. The van der Waals surface area contributed by atoms with Crippen molar-refractivity contribution in [1.29, 1.82) is 0 Å². The molecule has 2 heterocycles. The number of furan rings is 1. The van der Waals surface area contributed by atoms with E-state index in [0.29, 0.717) is 24.7 Å². The maximum absolute atomic E-state index is 12.0. The number of hydrogen-bond donors (Lipinski definition) is 1. The summed E-state index contributed by atoms with van der Waals surface area (Å²) in [5, 5.41) is 7.35. The molecule has 0 unspecified atom stereocenters. The van der Waals surface area contributed by atoms with E-state index in [1.54, 1.807) is 18.7 Å². The number of aromatic nitrogens is 2. The lowest BCUT2D eigenvalue weighted by Crippen LogP contribution is -2.26. The minimum atomic E-state index is -0.271. The molecule has 0 atom stereocenters. The zero-order valence-electron chi connectivity index (χ0n) is 10.9. The van der Waals surface area contributed by atoms with Crippen molar-refractivity contribution in [3.8, 4) is 0 Å². The second kappa shape index (κ2) is 5.93. The summed E-state index contributed by atoms with van der Waals surface area (Å²) in [6, 6.07) is 1.84. The number of hydrogen-bond acceptors (Lipinski definition) is 4. The molecule has 6 heteroatoms. The molecule has 0 amide bonds. The van der Waals surface area contributed by atoms with E-state index in [2.05, 4.69) is 10.4 Å².